The second-order valence-electron chi connectivity index (χ2n) is 5.00. The molecule has 1 aromatic carbocycles. The van der Waals surface area contributed by atoms with E-state index in [1.807, 2.05) is 24.3 Å². The van der Waals surface area contributed by atoms with E-state index in [1.54, 1.807) is 7.11 Å². The van der Waals surface area contributed by atoms with Crippen LogP contribution in [0, 0.1) is 5.92 Å². The van der Waals surface area contributed by atoms with E-state index < -0.39 is 6.10 Å². The number of likely N-dealkylation sites (tertiary alicyclic amines) is 1. The number of benzene rings is 1. The third-order valence-electron chi connectivity index (χ3n) is 3.76. The molecule has 2 unspecified atom stereocenters. The summed E-state index contributed by atoms with van der Waals surface area (Å²) >= 11 is 0. The van der Waals surface area contributed by atoms with Crippen LogP contribution in [-0.2, 0) is 0 Å². The smallest absolute Gasteiger partial charge is 0.123 e. The first kappa shape index (κ1) is 14.2. The van der Waals surface area contributed by atoms with Crippen molar-refractivity contribution in [1.82, 2.24) is 4.90 Å². The number of hydrogen-bond donors (Lipinski definition) is 1. The van der Waals surface area contributed by atoms with Crippen molar-refractivity contribution in [3.8, 4) is 11.5 Å². The summed E-state index contributed by atoms with van der Waals surface area (Å²) in [5.74, 6) is 1.83. The molecule has 106 valence electrons. The molecule has 4 nitrogen and oxygen atoms in total. The van der Waals surface area contributed by atoms with E-state index in [2.05, 4.69) is 11.8 Å². The van der Waals surface area contributed by atoms with Gasteiger partial charge in [0.25, 0.3) is 0 Å². The SMILES string of the molecule is CCN1CCC(C(O)COc2cccc(OC)c2)C1. The van der Waals surface area contributed by atoms with Crippen molar-refractivity contribution in [2.75, 3.05) is 33.4 Å². The van der Waals surface area contributed by atoms with Crippen LogP contribution in [0.4, 0.5) is 0 Å². The predicted molar refractivity (Wildman–Crippen MR) is 74.7 cm³/mol. The first-order valence-electron chi connectivity index (χ1n) is 6.90. The molecule has 1 N–H and O–H groups in total. The number of methoxy groups -OCH3 is 1. The maximum absolute atomic E-state index is 10.2. The van der Waals surface area contributed by atoms with Gasteiger partial charge in [0.05, 0.1) is 13.2 Å². The molecule has 0 amide bonds. The van der Waals surface area contributed by atoms with Crippen LogP contribution in [0.2, 0.25) is 0 Å². The Hall–Kier alpha value is -1.26. The largest absolute Gasteiger partial charge is 0.497 e. The van der Waals surface area contributed by atoms with E-state index >= 15 is 0 Å². The zero-order valence-electron chi connectivity index (χ0n) is 11.7. The molecule has 1 fully saturated rings. The molecule has 1 aliphatic rings. The van der Waals surface area contributed by atoms with Gasteiger partial charge in [-0.05, 0) is 31.6 Å². The minimum atomic E-state index is -0.400. The molecule has 0 aromatic heterocycles. The summed E-state index contributed by atoms with van der Waals surface area (Å²) in [4.78, 5) is 2.36. The zero-order chi connectivity index (χ0) is 13.7. The van der Waals surface area contributed by atoms with Gasteiger partial charge < -0.3 is 19.5 Å². The first-order valence-corrected chi connectivity index (χ1v) is 6.90. The minimum Gasteiger partial charge on any atom is -0.497 e. The van der Waals surface area contributed by atoms with E-state index in [0.29, 0.717) is 12.5 Å². The highest BCUT2D eigenvalue weighted by Gasteiger charge is 2.27. The molecule has 0 radical (unpaired) electrons. The predicted octanol–water partition coefficient (Wildman–Crippen LogP) is 1.78. The lowest BCUT2D eigenvalue weighted by Crippen LogP contribution is -2.30. The van der Waals surface area contributed by atoms with Crippen molar-refractivity contribution in [1.29, 1.82) is 0 Å². The lowest BCUT2D eigenvalue weighted by molar-refractivity contribution is 0.0599. The molecule has 1 aromatic rings. The van der Waals surface area contributed by atoms with Gasteiger partial charge in [-0.25, -0.2) is 0 Å². The summed E-state index contributed by atoms with van der Waals surface area (Å²) in [6, 6.07) is 7.47. The third-order valence-corrected chi connectivity index (χ3v) is 3.76. The molecule has 2 rings (SSSR count). The normalized spacial score (nSPS) is 21.3. The second kappa shape index (κ2) is 6.78. The summed E-state index contributed by atoms with van der Waals surface area (Å²) in [5, 5.41) is 10.2. The Morgan fingerprint density at radius 1 is 1.42 bits per heavy atom. The summed E-state index contributed by atoms with van der Waals surface area (Å²) in [7, 11) is 1.63. The molecule has 0 aliphatic carbocycles. The van der Waals surface area contributed by atoms with Crippen molar-refractivity contribution in [2.24, 2.45) is 5.92 Å². The van der Waals surface area contributed by atoms with Crippen molar-refractivity contribution in [3.63, 3.8) is 0 Å². The molecule has 0 spiro atoms. The zero-order valence-corrected chi connectivity index (χ0v) is 11.7. The van der Waals surface area contributed by atoms with E-state index in [4.69, 9.17) is 9.47 Å². The maximum Gasteiger partial charge on any atom is 0.123 e. The fourth-order valence-electron chi connectivity index (χ4n) is 2.47. The summed E-state index contributed by atoms with van der Waals surface area (Å²) in [5.41, 5.74) is 0. The van der Waals surface area contributed by atoms with Crippen LogP contribution in [0.15, 0.2) is 24.3 Å². The highest BCUT2D eigenvalue weighted by Crippen LogP contribution is 2.22. The van der Waals surface area contributed by atoms with Gasteiger partial charge in [-0.2, -0.15) is 0 Å². The van der Waals surface area contributed by atoms with Crippen molar-refractivity contribution in [2.45, 2.75) is 19.4 Å². The molecular formula is C15H23NO3. The molecule has 0 bridgehead atoms. The third kappa shape index (κ3) is 3.85. The first-order chi connectivity index (χ1) is 9.22. The van der Waals surface area contributed by atoms with Crippen LogP contribution in [0.3, 0.4) is 0 Å². The fourth-order valence-corrected chi connectivity index (χ4v) is 2.47. The summed E-state index contributed by atoms with van der Waals surface area (Å²) < 4.78 is 10.8. The average Bonchev–Trinajstić information content (AvgIpc) is 2.94. The lowest BCUT2D eigenvalue weighted by Gasteiger charge is -2.19. The Labute approximate surface area is 114 Å². The van der Waals surface area contributed by atoms with Gasteiger partial charge >= 0.3 is 0 Å². The molecular weight excluding hydrogens is 242 g/mol. The van der Waals surface area contributed by atoms with Crippen molar-refractivity contribution in [3.05, 3.63) is 24.3 Å². The standard InChI is InChI=1S/C15H23NO3/c1-3-16-8-7-12(10-16)15(17)11-19-14-6-4-5-13(9-14)18-2/h4-6,9,12,15,17H,3,7-8,10-11H2,1-2H3. The molecule has 0 saturated carbocycles. The number of aliphatic hydroxyl groups is 1. The number of hydrogen-bond acceptors (Lipinski definition) is 4. The van der Waals surface area contributed by atoms with E-state index in [1.165, 1.54) is 0 Å². The van der Waals surface area contributed by atoms with Gasteiger partial charge in [-0.1, -0.05) is 13.0 Å². The van der Waals surface area contributed by atoms with Gasteiger partial charge in [0.15, 0.2) is 0 Å². The molecule has 1 aliphatic heterocycles. The van der Waals surface area contributed by atoms with Crippen LogP contribution < -0.4 is 9.47 Å². The summed E-state index contributed by atoms with van der Waals surface area (Å²) in [6.07, 6.45) is 0.652. The number of aliphatic hydroxyl groups excluding tert-OH is 1. The van der Waals surface area contributed by atoms with Crippen molar-refractivity contribution >= 4 is 0 Å². The quantitative estimate of drug-likeness (QED) is 0.851. The second-order valence-corrected chi connectivity index (χ2v) is 5.00. The number of nitrogens with zero attached hydrogens (tertiary/aromatic N) is 1. The molecule has 4 heteroatoms. The number of rotatable bonds is 6. The van der Waals surface area contributed by atoms with Gasteiger partial charge in [0.2, 0.25) is 0 Å². The summed E-state index contributed by atoms with van der Waals surface area (Å²) in [6.45, 7) is 5.60. The molecule has 1 saturated heterocycles. The topological polar surface area (TPSA) is 41.9 Å². The van der Waals surface area contributed by atoms with Gasteiger partial charge in [0, 0.05) is 18.5 Å². The average molecular weight is 265 g/mol. The van der Waals surface area contributed by atoms with Crippen molar-refractivity contribution < 1.29 is 14.6 Å². The van der Waals surface area contributed by atoms with E-state index in [0.717, 1.165) is 37.6 Å². The molecule has 1 heterocycles. The minimum absolute atomic E-state index is 0.325. The van der Waals surface area contributed by atoms with Crippen LogP contribution in [0.5, 0.6) is 11.5 Å². The highest BCUT2D eigenvalue weighted by atomic mass is 16.5. The molecule has 2 atom stereocenters. The van der Waals surface area contributed by atoms with Crippen LogP contribution in [0.1, 0.15) is 13.3 Å². The van der Waals surface area contributed by atoms with Crippen LogP contribution >= 0.6 is 0 Å². The van der Waals surface area contributed by atoms with E-state index in [9.17, 15) is 5.11 Å². The maximum atomic E-state index is 10.2. The fraction of sp³-hybridized carbons (Fsp3) is 0.600. The monoisotopic (exact) mass is 265 g/mol. The Balaban J connectivity index is 1.81. The highest BCUT2D eigenvalue weighted by molar-refractivity contribution is 5.32. The van der Waals surface area contributed by atoms with Gasteiger partial charge in [-0.15, -0.1) is 0 Å². The van der Waals surface area contributed by atoms with Crippen LogP contribution in [-0.4, -0.2) is 49.5 Å². The van der Waals surface area contributed by atoms with Gasteiger partial charge in [0.1, 0.15) is 18.1 Å². The van der Waals surface area contributed by atoms with Gasteiger partial charge in [-0.3, -0.25) is 0 Å². The lowest BCUT2D eigenvalue weighted by atomic mass is 10.0. The molecule has 19 heavy (non-hydrogen) atoms. The Morgan fingerprint density at radius 3 is 2.89 bits per heavy atom. The van der Waals surface area contributed by atoms with E-state index in [-0.39, 0.29) is 0 Å². The Morgan fingerprint density at radius 2 is 2.21 bits per heavy atom. The Kier molecular flexibility index (Phi) is 5.05. The van der Waals surface area contributed by atoms with Crippen LogP contribution in [0.25, 0.3) is 0 Å². The number of ether oxygens (including phenoxy) is 2. The Bertz CT molecular complexity index is 397.